The lowest BCUT2D eigenvalue weighted by molar-refractivity contribution is -0.141. The minimum absolute atomic E-state index is 0.383. The Morgan fingerprint density at radius 2 is 2.15 bits per heavy atom. The number of hydrogen-bond acceptors (Lipinski definition) is 4. The lowest BCUT2D eigenvalue weighted by Gasteiger charge is -2.15. The van der Waals surface area contributed by atoms with Crippen molar-refractivity contribution in [3.05, 3.63) is 47.2 Å². The summed E-state index contributed by atoms with van der Waals surface area (Å²) in [5, 5.41) is 13.9. The van der Waals surface area contributed by atoms with Gasteiger partial charge in [-0.1, -0.05) is 30.3 Å². The summed E-state index contributed by atoms with van der Waals surface area (Å²) in [4.78, 5) is 11.6. The van der Waals surface area contributed by atoms with Crippen molar-refractivity contribution in [3.63, 3.8) is 0 Å². The highest BCUT2D eigenvalue weighted by Gasteiger charge is 2.28. The molecule has 5 nitrogen and oxygen atoms in total. The second-order valence-corrected chi connectivity index (χ2v) is 5.78. The van der Waals surface area contributed by atoms with E-state index in [4.69, 9.17) is 5.73 Å². The van der Waals surface area contributed by atoms with Gasteiger partial charge < -0.3 is 10.8 Å². The van der Waals surface area contributed by atoms with Crippen LogP contribution in [0.15, 0.2) is 30.3 Å². The van der Waals surface area contributed by atoms with Crippen molar-refractivity contribution in [1.82, 2.24) is 9.78 Å². The van der Waals surface area contributed by atoms with Crippen LogP contribution in [0, 0.1) is 0 Å². The van der Waals surface area contributed by atoms with Crippen molar-refractivity contribution >= 4 is 23.5 Å². The van der Waals surface area contributed by atoms with Crippen LogP contribution >= 0.6 is 11.8 Å². The van der Waals surface area contributed by atoms with Crippen LogP contribution in [0.2, 0.25) is 0 Å². The molecule has 3 rings (SSSR count). The van der Waals surface area contributed by atoms with Gasteiger partial charge in [0.2, 0.25) is 0 Å². The Labute approximate surface area is 120 Å². The van der Waals surface area contributed by atoms with E-state index in [-0.39, 0.29) is 0 Å². The number of carbonyl (C=O) groups is 1. The lowest BCUT2D eigenvalue weighted by Crippen LogP contribution is -2.24. The number of benzene rings is 1. The van der Waals surface area contributed by atoms with E-state index >= 15 is 0 Å². The molecule has 1 aromatic carbocycles. The largest absolute Gasteiger partial charge is 0.480 e. The highest BCUT2D eigenvalue weighted by molar-refractivity contribution is 7.98. The zero-order valence-corrected chi connectivity index (χ0v) is 11.6. The van der Waals surface area contributed by atoms with E-state index in [1.54, 1.807) is 11.8 Å². The van der Waals surface area contributed by atoms with E-state index in [2.05, 4.69) is 5.10 Å². The van der Waals surface area contributed by atoms with E-state index in [9.17, 15) is 9.90 Å². The number of rotatable bonds is 4. The molecule has 1 aromatic heterocycles. The Morgan fingerprint density at radius 1 is 1.40 bits per heavy atom. The molecule has 6 heteroatoms. The molecule has 1 unspecified atom stereocenters. The summed E-state index contributed by atoms with van der Waals surface area (Å²) >= 11 is 1.75. The van der Waals surface area contributed by atoms with E-state index < -0.39 is 12.0 Å². The molecule has 0 bridgehead atoms. The third-order valence-electron chi connectivity index (χ3n) is 3.47. The molecule has 1 aliphatic heterocycles. The van der Waals surface area contributed by atoms with Crippen LogP contribution in [0.5, 0.6) is 0 Å². The molecule has 1 aliphatic rings. The summed E-state index contributed by atoms with van der Waals surface area (Å²) in [6.07, 6.45) is 0.383. The molecule has 104 valence electrons. The number of thioether (sulfide) groups is 1. The van der Waals surface area contributed by atoms with Crippen LogP contribution in [0.4, 0.5) is 5.82 Å². The van der Waals surface area contributed by atoms with Crippen LogP contribution in [0.3, 0.4) is 0 Å². The van der Waals surface area contributed by atoms with Gasteiger partial charge in [0.25, 0.3) is 0 Å². The fourth-order valence-corrected chi connectivity index (χ4v) is 3.45. The van der Waals surface area contributed by atoms with Crippen LogP contribution in [0.1, 0.15) is 22.9 Å². The number of nitrogen functional groups attached to an aromatic ring is 1. The zero-order chi connectivity index (χ0) is 14.1. The highest BCUT2D eigenvalue weighted by Crippen LogP contribution is 2.34. The lowest BCUT2D eigenvalue weighted by atomic mass is 10.1. The molecule has 0 radical (unpaired) electrons. The van der Waals surface area contributed by atoms with Gasteiger partial charge in [0.15, 0.2) is 6.04 Å². The van der Waals surface area contributed by atoms with Crippen molar-refractivity contribution in [2.75, 3.05) is 5.73 Å². The van der Waals surface area contributed by atoms with Gasteiger partial charge in [0, 0.05) is 23.5 Å². The number of hydrogen-bond donors (Lipinski definition) is 2. The van der Waals surface area contributed by atoms with Crippen molar-refractivity contribution in [2.45, 2.75) is 24.0 Å². The Hall–Kier alpha value is -1.95. The minimum atomic E-state index is -0.908. The van der Waals surface area contributed by atoms with Gasteiger partial charge in [-0.2, -0.15) is 16.9 Å². The molecule has 0 saturated heterocycles. The minimum Gasteiger partial charge on any atom is -0.480 e. The van der Waals surface area contributed by atoms with Crippen molar-refractivity contribution in [2.24, 2.45) is 0 Å². The first-order valence-corrected chi connectivity index (χ1v) is 7.52. The van der Waals surface area contributed by atoms with Crippen LogP contribution in [-0.2, 0) is 22.7 Å². The summed E-state index contributed by atoms with van der Waals surface area (Å²) < 4.78 is 1.47. The summed E-state index contributed by atoms with van der Waals surface area (Å²) in [6, 6.07) is 8.79. The first kappa shape index (κ1) is 13.1. The monoisotopic (exact) mass is 289 g/mol. The Morgan fingerprint density at radius 3 is 2.80 bits per heavy atom. The van der Waals surface area contributed by atoms with Gasteiger partial charge in [0.05, 0.1) is 5.69 Å². The second kappa shape index (κ2) is 5.20. The third kappa shape index (κ3) is 2.27. The first-order valence-electron chi connectivity index (χ1n) is 6.37. The van der Waals surface area contributed by atoms with E-state index in [1.165, 1.54) is 4.68 Å². The topological polar surface area (TPSA) is 81.1 Å². The quantitative estimate of drug-likeness (QED) is 0.900. The van der Waals surface area contributed by atoms with Gasteiger partial charge in [-0.3, -0.25) is 0 Å². The molecule has 0 fully saturated rings. The maximum Gasteiger partial charge on any atom is 0.328 e. The fraction of sp³-hybridized carbons (Fsp3) is 0.286. The number of nitrogens with zero attached hydrogens (tertiary/aromatic N) is 2. The maximum atomic E-state index is 11.6. The highest BCUT2D eigenvalue weighted by atomic mass is 32.2. The predicted molar refractivity (Wildman–Crippen MR) is 78.5 cm³/mol. The maximum absolute atomic E-state index is 11.6. The molecule has 0 aliphatic carbocycles. The van der Waals surface area contributed by atoms with E-state index in [0.717, 1.165) is 28.3 Å². The molecule has 3 N–H and O–H groups in total. The van der Waals surface area contributed by atoms with Gasteiger partial charge >= 0.3 is 5.97 Å². The molecule has 2 aromatic rings. The number of carboxylic acid groups (broad SMARTS) is 1. The average Bonchev–Trinajstić information content (AvgIpc) is 3.01. The normalized spacial score (nSPS) is 15.0. The summed E-state index contributed by atoms with van der Waals surface area (Å²) in [5.74, 6) is 1.21. The number of anilines is 1. The van der Waals surface area contributed by atoms with E-state index in [0.29, 0.717) is 12.2 Å². The third-order valence-corrected chi connectivity index (χ3v) is 4.44. The number of aliphatic carboxylic acids is 1. The first-order chi connectivity index (χ1) is 9.66. The van der Waals surface area contributed by atoms with E-state index in [1.807, 2.05) is 30.3 Å². The smallest absolute Gasteiger partial charge is 0.328 e. The Bertz CT molecular complexity index is 639. The van der Waals surface area contributed by atoms with Crippen LogP contribution < -0.4 is 5.73 Å². The van der Waals surface area contributed by atoms with Gasteiger partial charge in [0.1, 0.15) is 5.82 Å². The molecule has 2 heterocycles. The second-order valence-electron chi connectivity index (χ2n) is 4.79. The summed E-state index contributed by atoms with van der Waals surface area (Å²) in [7, 11) is 0. The summed E-state index contributed by atoms with van der Waals surface area (Å²) in [6.45, 7) is 0. The molecular formula is C14H15N3O2S. The van der Waals surface area contributed by atoms with Crippen LogP contribution in [-0.4, -0.2) is 20.9 Å². The number of nitrogens with two attached hydrogens (primary N) is 1. The van der Waals surface area contributed by atoms with Crippen molar-refractivity contribution < 1.29 is 9.90 Å². The fourth-order valence-electron chi connectivity index (χ4n) is 2.41. The van der Waals surface area contributed by atoms with Gasteiger partial charge in [-0.15, -0.1) is 0 Å². The SMILES string of the molecule is Nc1c2c(nn1C(Cc1ccccc1)C(=O)O)CSC2. The number of aromatic nitrogens is 2. The number of fused-ring (bicyclic) bond motifs is 1. The number of carboxylic acids is 1. The van der Waals surface area contributed by atoms with Crippen molar-refractivity contribution in [1.29, 1.82) is 0 Å². The zero-order valence-electron chi connectivity index (χ0n) is 10.8. The standard InChI is InChI=1S/C14H15N3O2S/c15-13-10-7-20-8-11(10)16-17(13)12(14(18)19)6-9-4-2-1-3-5-9/h1-5,12H,6-8,15H2,(H,18,19). The Kier molecular flexibility index (Phi) is 3.40. The predicted octanol–water partition coefficient (Wildman–Crippen LogP) is 2.08. The summed E-state index contributed by atoms with van der Waals surface area (Å²) in [5.41, 5.74) is 8.95. The molecule has 0 spiro atoms. The molecule has 0 amide bonds. The molecule has 0 saturated carbocycles. The van der Waals surface area contributed by atoms with Gasteiger partial charge in [-0.05, 0) is 5.56 Å². The Balaban J connectivity index is 1.93. The molecule has 1 atom stereocenters. The van der Waals surface area contributed by atoms with Crippen molar-refractivity contribution in [3.8, 4) is 0 Å². The molecular weight excluding hydrogens is 274 g/mol. The van der Waals surface area contributed by atoms with Crippen LogP contribution in [0.25, 0.3) is 0 Å². The average molecular weight is 289 g/mol. The van der Waals surface area contributed by atoms with Gasteiger partial charge in [-0.25, -0.2) is 9.48 Å². The molecule has 20 heavy (non-hydrogen) atoms.